The minimum Gasteiger partial charge on any atom is -0.444 e. The van der Waals surface area contributed by atoms with Crippen LogP contribution in [0.1, 0.15) is 110 Å². The van der Waals surface area contributed by atoms with Crippen LogP contribution in [0, 0.1) is 19.8 Å². The minimum absolute atomic E-state index is 0.152. The van der Waals surface area contributed by atoms with Crippen LogP contribution in [-0.2, 0) is 14.3 Å². The highest BCUT2D eigenvalue weighted by Gasteiger charge is 2.36. The number of nitrogens with one attached hydrogen (secondary N) is 2. The molecule has 210 valence electrons. The van der Waals surface area contributed by atoms with Gasteiger partial charge in [0, 0.05) is 13.1 Å². The summed E-state index contributed by atoms with van der Waals surface area (Å²) >= 11 is 0. The molecule has 0 aliphatic rings. The van der Waals surface area contributed by atoms with Gasteiger partial charge in [-0.1, -0.05) is 70.7 Å². The number of ether oxygens (including phenoxy) is 1. The maximum absolute atomic E-state index is 14.2. The van der Waals surface area contributed by atoms with Gasteiger partial charge < -0.3 is 20.3 Å². The predicted octanol–water partition coefficient (Wildman–Crippen LogP) is 6.22. The van der Waals surface area contributed by atoms with Crippen LogP contribution in [0.5, 0.6) is 0 Å². The molecule has 1 aromatic carbocycles. The highest BCUT2D eigenvalue weighted by molar-refractivity contribution is 5.92. The lowest BCUT2D eigenvalue weighted by molar-refractivity contribution is -0.143. The number of hydrogen-bond acceptors (Lipinski definition) is 4. The molecule has 37 heavy (non-hydrogen) atoms. The second-order valence-corrected chi connectivity index (χ2v) is 11.5. The molecule has 7 nitrogen and oxygen atoms in total. The summed E-state index contributed by atoms with van der Waals surface area (Å²) in [6.45, 7) is 18.5. The Balaban J connectivity index is 3.52. The molecule has 0 aliphatic heterocycles. The molecular weight excluding hydrogens is 466 g/mol. The van der Waals surface area contributed by atoms with Gasteiger partial charge in [0.1, 0.15) is 17.7 Å². The van der Waals surface area contributed by atoms with E-state index in [9.17, 15) is 14.4 Å². The van der Waals surface area contributed by atoms with Crippen molar-refractivity contribution in [2.45, 2.75) is 119 Å². The zero-order valence-electron chi connectivity index (χ0n) is 24.7. The van der Waals surface area contributed by atoms with Crippen LogP contribution in [0.25, 0.3) is 0 Å². The molecule has 3 amide bonds. The van der Waals surface area contributed by atoms with Crippen LogP contribution < -0.4 is 10.6 Å². The van der Waals surface area contributed by atoms with Crippen LogP contribution in [0.2, 0.25) is 0 Å². The van der Waals surface area contributed by atoms with Gasteiger partial charge in [-0.3, -0.25) is 9.59 Å². The SMILES string of the molecule is CCCCCN(C(=O)C(CC(C)C)NC(=O)OC(C)(C)C)C(C(=O)NCCCC)c1cc(C)ccc1C. The van der Waals surface area contributed by atoms with E-state index in [1.807, 2.05) is 45.9 Å². The maximum atomic E-state index is 14.2. The summed E-state index contributed by atoms with van der Waals surface area (Å²) < 4.78 is 5.47. The fourth-order valence-corrected chi connectivity index (χ4v) is 4.23. The van der Waals surface area contributed by atoms with Crippen molar-refractivity contribution in [3.05, 3.63) is 34.9 Å². The first-order chi connectivity index (χ1) is 17.3. The summed E-state index contributed by atoms with van der Waals surface area (Å²) in [7, 11) is 0. The van der Waals surface area contributed by atoms with Crippen molar-refractivity contribution in [3.63, 3.8) is 0 Å². The van der Waals surface area contributed by atoms with Gasteiger partial charge in [0.25, 0.3) is 0 Å². The number of alkyl carbamates (subject to hydrolysis) is 1. The van der Waals surface area contributed by atoms with E-state index in [-0.39, 0.29) is 17.7 Å². The fourth-order valence-electron chi connectivity index (χ4n) is 4.23. The van der Waals surface area contributed by atoms with E-state index >= 15 is 0 Å². The standard InChI is InChI=1S/C30H51N3O4/c1-10-12-14-18-33(28(35)25(19-21(3)4)32-29(36)37-30(7,8)9)26(27(34)31-17-13-11-2)24-20-22(5)15-16-23(24)6/h15-16,20-21,25-26H,10-14,17-19H2,1-9H3,(H,31,34)(H,32,36). The molecule has 0 saturated heterocycles. The summed E-state index contributed by atoms with van der Waals surface area (Å²) in [6.07, 6.45) is 4.34. The predicted molar refractivity (Wildman–Crippen MR) is 150 cm³/mol. The molecule has 2 unspecified atom stereocenters. The molecular formula is C30H51N3O4. The largest absolute Gasteiger partial charge is 0.444 e. The van der Waals surface area contributed by atoms with Gasteiger partial charge in [0.2, 0.25) is 11.8 Å². The second-order valence-electron chi connectivity index (χ2n) is 11.5. The number of aryl methyl sites for hydroxylation is 2. The summed E-state index contributed by atoms with van der Waals surface area (Å²) in [5.74, 6) is -0.293. The molecule has 7 heteroatoms. The first-order valence-corrected chi connectivity index (χ1v) is 14.0. The minimum atomic E-state index is -0.799. The lowest BCUT2D eigenvalue weighted by Crippen LogP contribution is -2.53. The van der Waals surface area contributed by atoms with Gasteiger partial charge in [-0.2, -0.15) is 0 Å². The van der Waals surface area contributed by atoms with E-state index in [1.54, 1.807) is 25.7 Å². The van der Waals surface area contributed by atoms with Gasteiger partial charge in [-0.15, -0.1) is 0 Å². The zero-order valence-corrected chi connectivity index (χ0v) is 24.7. The first-order valence-electron chi connectivity index (χ1n) is 14.0. The molecule has 0 spiro atoms. The van der Waals surface area contributed by atoms with E-state index in [0.717, 1.165) is 48.8 Å². The lowest BCUT2D eigenvalue weighted by Gasteiger charge is -2.35. The molecule has 1 aromatic rings. The maximum Gasteiger partial charge on any atom is 0.408 e. The monoisotopic (exact) mass is 517 g/mol. The van der Waals surface area contributed by atoms with Crippen molar-refractivity contribution >= 4 is 17.9 Å². The highest BCUT2D eigenvalue weighted by Crippen LogP contribution is 2.28. The van der Waals surface area contributed by atoms with Gasteiger partial charge in [0.05, 0.1) is 0 Å². The van der Waals surface area contributed by atoms with Crippen LogP contribution in [0.4, 0.5) is 4.79 Å². The van der Waals surface area contributed by atoms with Gasteiger partial charge in [0.15, 0.2) is 0 Å². The quantitative estimate of drug-likeness (QED) is 0.287. The number of unbranched alkanes of at least 4 members (excludes halogenated alkanes) is 3. The summed E-state index contributed by atoms with van der Waals surface area (Å²) in [4.78, 5) is 42.3. The Labute approximate surface area is 225 Å². The zero-order chi connectivity index (χ0) is 28.2. The molecule has 0 aliphatic carbocycles. The van der Waals surface area contributed by atoms with Crippen LogP contribution in [-0.4, -0.2) is 47.5 Å². The topological polar surface area (TPSA) is 87.7 Å². The van der Waals surface area contributed by atoms with E-state index in [0.29, 0.717) is 19.5 Å². The molecule has 0 saturated carbocycles. The third-order valence-corrected chi connectivity index (χ3v) is 6.10. The van der Waals surface area contributed by atoms with Crippen molar-refractivity contribution in [3.8, 4) is 0 Å². The van der Waals surface area contributed by atoms with Gasteiger partial charge in [-0.25, -0.2) is 4.79 Å². The van der Waals surface area contributed by atoms with E-state index in [4.69, 9.17) is 4.74 Å². The van der Waals surface area contributed by atoms with Crippen molar-refractivity contribution in [1.29, 1.82) is 0 Å². The Hall–Kier alpha value is -2.57. The van der Waals surface area contributed by atoms with Crippen LogP contribution in [0.3, 0.4) is 0 Å². The third-order valence-electron chi connectivity index (χ3n) is 6.10. The fraction of sp³-hybridized carbons (Fsp3) is 0.700. The Morgan fingerprint density at radius 3 is 2.22 bits per heavy atom. The van der Waals surface area contributed by atoms with Crippen molar-refractivity contribution in [2.24, 2.45) is 5.92 Å². The number of rotatable bonds is 14. The normalized spacial score (nSPS) is 13.1. The molecule has 0 fully saturated rings. The van der Waals surface area contributed by atoms with Crippen LogP contribution in [0.15, 0.2) is 18.2 Å². The van der Waals surface area contributed by atoms with Gasteiger partial charge in [-0.05, 0) is 70.9 Å². The average Bonchev–Trinajstić information content (AvgIpc) is 2.78. The molecule has 0 heterocycles. The Morgan fingerprint density at radius 2 is 1.65 bits per heavy atom. The number of carbonyl (C=O) groups excluding carboxylic acids is 3. The van der Waals surface area contributed by atoms with Gasteiger partial charge >= 0.3 is 6.09 Å². The van der Waals surface area contributed by atoms with Crippen molar-refractivity contribution in [2.75, 3.05) is 13.1 Å². The van der Waals surface area contributed by atoms with E-state index in [1.165, 1.54) is 0 Å². The Bertz CT molecular complexity index is 876. The summed E-state index contributed by atoms with van der Waals surface area (Å²) in [6, 6.07) is 4.43. The van der Waals surface area contributed by atoms with Crippen molar-refractivity contribution in [1.82, 2.24) is 15.5 Å². The average molecular weight is 518 g/mol. The number of benzene rings is 1. The lowest BCUT2D eigenvalue weighted by atomic mass is 9.94. The number of nitrogens with zero attached hydrogens (tertiary/aromatic N) is 1. The molecule has 0 radical (unpaired) electrons. The molecule has 2 atom stereocenters. The van der Waals surface area contributed by atoms with Crippen LogP contribution >= 0.6 is 0 Å². The highest BCUT2D eigenvalue weighted by atomic mass is 16.6. The first kappa shape index (κ1) is 32.5. The summed E-state index contributed by atoms with van der Waals surface area (Å²) in [5.41, 5.74) is 2.12. The molecule has 0 bridgehead atoms. The Kier molecular flexibility index (Phi) is 13.7. The molecule has 1 rings (SSSR count). The molecule has 0 aromatic heterocycles. The Morgan fingerprint density at radius 1 is 1.00 bits per heavy atom. The number of amides is 3. The van der Waals surface area contributed by atoms with E-state index in [2.05, 4.69) is 24.5 Å². The number of hydrogen-bond donors (Lipinski definition) is 2. The van der Waals surface area contributed by atoms with E-state index < -0.39 is 23.8 Å². The third kappa shape index (κ3) is 11.6. The smallest absolute Gasteiger partial charge is 0.408 e. The molecule has 2 N–H and O–H groups in total. The second kappa shape index (κ2) is 15.6. The number of carbonyl (C=O) groups is 3. The van der Waals surface area contributed by atoms with Crippen molar-refractivity contribution < 1.29 is 19.1 Å². The summed E-state index contributed by atoms with van der Waals surface area (Å²) in [5, 5.41) is 5.88.